The zero-order valence-electron chi connectivity index (χ0n) is 12.5. The molecule has 0 aliphatic heterocycles. The molecule has 0 fully saturated rings. The maximum absolute atomic E-state index is 13.3. The summed E-state index contributed by atoms with van der Waals surface area (Å²) in [5, 5.41) is 8.48. The monoisotopic (exact) mass is 274 g/mol. The molecule has 114 valence electrons. The molecule has 0 aromatic heterocycles. The van der Waals surface area contributed by atoms with E-state index in [9.17, 15) is 9.18 Å². The van der Waals surface area contributed by atoms with Gasteiger partial charge in [0.05, 0.1) is 0 Å². The van der Waals surface area contributed by atoms with E-state index in [0.29, 0.717) is 6.42 Å². The quantitative estimate of drug-likeness (QED) is 0.425. The van der Waals surface area contributed by atoms with E-state index in [1.165, 1.54) is 19.3 Å². The number of carboxylic acid groups (broad SMARTS) is 1. The Kier molecular flexibility index (Phi) is 13.4. The normalized spacial score (nSPS) is 12.5. The van der Waals surface area contributed by atoms with Crippen molar-refractivity contribution in [1.29, 1.82) is 0 Å². The second kappa shape index (κ2) is 13.8. The van der Waals surface area contributed by atoms with Crippen molar-refractivity contribution < 1.29 is 14.3 Å². The van der Waals surface area contributed by atoms with Gasteiger partial charge in [0.25, 0.3) is 0 Å². The molecule has 0 radical (unpaired) electrons. The predicted octanol–water partition coefficient (Wildman–Crippen LogP) is 5.50. The molecule has 0 aliphatic carbocycles. The number of carboxylic acids is 1. The summed E-state index contributed by atoms with van der Waals surface area (Å²) >= 11 is 0. The molecule has 0 rings (SSSR count). The van der Waals surface area contributed by atoms with Gasteiger partial charge in [-0.25, -0.2) is 4.39 Å². The molecule has 2 nitrogen and oxygen atoms in total. The molecule has 0 heterocycles. The van der Waals surface area contributed by atoms with Crippen LogP contribution < -0.4 is 0 Å². The highest BCUT2D eigenvalue weighted by Gasteiger charge is 2.04. The van der Waals surface area contributed by atoms with Crippen molar-refractivity contribution in [1.82, 2.24) is 0 Å². The van der Waals surface area contributed by atoms with E-state index < -0.39 is 12.1 Å². The first-order chi connectivity index (χ1) is 9.16. The summed E-state index contributed by atoms with van der Waals surface area (Å²) in [4.78, 5) is 10.3. The van der Waals surface area contributed by atoms with Crippen LogP contribution in [0.4, 0.5) is 4.39 Å². The molecule has 0 amide bonds. The van der Waals surface area contributed by atoms with Crippen LogP contribution >= 0.6 is 0 Å². The molecule has 1 N–H and O–H groups in total. The van der Waals surface area contributed by atoms with Crippen molar-refractivity contribution in [3.63, 3.8) is 0 Å². The summed E-state index contributed by atoms with van der Waals surface area (Å²) in [5.41, 5.74) is 0. The van der Waals surface area contributed by atoms with Gasteiger partial charge in [-0.3, -0.25) is 4.79 Å². The lowest BCUT2D eigenvalue weighted by molar-refractivity contribution is -0.137. The van der Waals surface area contributed by atoms with E-state index in [2.05, 4.69) is 6.92 Å². The first-order valence-corrected chi connectivity index (χ1v) is 8.02. The second-order valence-electron chi connectivity index (χ2n) is 5.50. The molecule has 0 aromatic carbocycles. The Morgan fingerprint density at radius 1 is 0.895 bits per heavy atom. The van der Waals surface area contributed by atoms with Gasteiger partial charge >= 0.3 is 5.97 Å². The standard InChI is InChI=1S/C16H31FO2/c1-2-3-12-15(17)13-10-8-6-4-5-7-9-11-14-16(18)19/h15H,2-14H2,1H3,(H,18,19). The summed E-state index contributed by atoms with van der Waals surface area (Å²) < 4.78 is 13.3. The van der Waals surface area contributed by atoms with Gasteiger partial charge in [-0.15, -0.1) is 0 Å². The van der Waals surface area contributed by atoms with Crippen molar-refractivity contribution in [2.45, 2.75) is 96.6 Å². The van der Waals surface area contributed by atoms with Gasteiger partial charge in [0.2, 0.25) is 0 Å². The van der Waals surface area contributed by atoms with Crippen molar-refractivity contribution in [2.24, 2.45) is 0 Å². The Hall–Kier alpha value is -0.600. The Labute approximate surface area is 117 Å². The number of halogens is 1. The van der Waals surface area contributed by atoms with Gasteiger partial charge < -0.3 is 5.11 Å². The third-order valence-corrected chi connectivity index (χ3v) is 3.53. The lowest BCUT2D eigenvalue weighted by Gasteiger charge is -2.07. The fraction of sp³-hybridized carbons (Fsp3) is 0.938. The highest BCUT2D eigenvalue weighted by atomic mass is 19.1. The summed E-state index contributed by atoms with van der Waals surface area (Å²) in [6.45, 7) is 2.10. The largest absolute Gasteiger partial charge is 0.481 e. The first-order valence-electron chi connectivity index (χ1n) is 8.02. The fourth-order valence-electron chi connectivity index (χ4n) is 2.27. The van der Waals surface area contributed by atoms with Crippen LogP contribution in [0.5, 0.6) is 0 Å². The van der Waals surface area contributed by atoms with Crippen LogP contribution in [0.1, 0.15) is 90.4 Å². The molecule has 0 aliphatic rings. The lowest BCUT2D eigenvalue weighted by Crippen LogP contribution is -1.99. The van der Waals surface area contributed by atoms with Gasteiger partial charge in [-0.05, 0) is 19.3 Å². The number of unbranched alkanes of at least 4 members (excludes halogenated alkanes) is 8. The van der Waals surface area contributed by atoms with E-state index >= 15 is 0 Å². The lowest BCUT2D eigenvalue weighted by atomic mass is 10.0. The Bertz CT molecular complexity index is 207. The van der Waals surface area contributed by atoms with Crippen LogP contribution in [0.25, 0.3) is 0 Å². The molecule has 3 heteroatoms. The number of hydrogen-bond donors (Lipinski definition) is 1. The Morgan fingerprint density at radius 3 is 1.89 bits per heavy atom. The van der Waals surface area contributed by atoms with E-state index in [1.54, 1.807) is 0 Å². The average Bonchev–Trinajstić information content (AvgIpc) is 2.38. The van der Waals surface area contributed by atoms with E-state index in [-0.39, 0.29) is 0 Å². The first kappa shape index (κ1) is 18.4. The number of aliphatic carboxylic acids is 1. The maximum atomic E-state index is 13.3. The van der Waals surface area contributed by atoms with Gasteiger partial charge in [-0.1, -0.05) is 64.7 Å². The molecule has 0 saturated heterocycles. The highest BCUT2D eigenvalue weighted by Crippen LogP contribution is 2.15. The molecule has 1 atom stereocenters. The third kappa shape index (κ3) is 15.3. The van der Waals surface area contributed by atoms with Crippen LogP contribution in [0, 0.1) is 0 Å². The molecule has 0 spiro atoms. The van der Waals surface area contributed by atoms with Gasteiger partial charge in [0, 0.05) is 6.42 Å². The number of rotatable bonds is 14. The minimum Gasteiger partial charge on any atom is -0.481 e. The predicted molar refractivity (Wildman–Crippen MR) is 78.2 cm³/mol. The highest BCUT2D eigenvalue weighted by molar-refractivity contribution is 5.66. The molecular formula is C16H31FO2. The third-order valence-electron chi connectivity index (χ3n) is 3.53. The van der Waals surface area contributed by atoms with E-state index in [0.717, 1.165) is 57.8 Å². The number of hydrogen-bond acceptors (Lipinski definition) is 1. The zero-order chi connectivity index (χ0) is 14.3. The van der Waals surface area contributed by atoms with Crippen molar-refractivity contribution in [3.8, 4) is 0 Å². The summed E-state index contributed by atoms with van der Waals surface area (Å²) in [6.07, 6.45) is 12.0. The molecule has 19 heavy (non-hydrogen) atoms. The summed E-state index contributed by atoms with van der Waals surface area (Å²) in [6, 6.07) is 0. The van der Waals surface area contributed by atoms with E-state index in [1.807, 2.05) is 0 Å². The molecule has 0 saturated carbocycles. The van der Waals surface area contributed by atoms with Crippen LogP contribution in [-0.2, 0) is 4.79 Å². The molecule has 0 bridgehead atoms. The summed E-state index contributed by atoms with van der Waals surface area (Å²) in [5.74, 6) is -0.691. The molecule has 1 unspecified atom stereocenters. The van der Waals surface area contributed by atoms with Crippen molar-refractivity contribution in [3.05, 3.63) is 0 Å². The Morgan fingerprint density at radius 2 is 1.37 bits per heavy atom. The summed E-state index contributed by atoms with van der Waals surface area (Å²) in [7, 11) is 0. The maximum Gasteiger partial charge on any atom is 0.303 e. The molecule has 0 aromatic rings. The minimum atomic E-state index is -0.691. The second-order valence-corrected chi connectivity index (χ2v) is 5.50. The minimum absolute atomic E-state index is 0.301. The van der Waals surface area contributed by atoms with E-state index in [4.69, 9.17) is 5.11 Å². The van der Waals surface area contributed by atoms with Crippen molar-refractivity contribution in [2.75, 3.05) is 0 Å². The molecular weight excluding hydrogens is 243 g/mol. The SMILES string of the molecule is CCCCC(F)CCCCCCCCCCC(=O)O. The smallest absolute Gasteiger partial charge is 0.303 e. The number of alkyl halides is 1. The van der Waals surface area contributed by atoms with Crippen molar-refractivity contribution >= 4 is 5.97 Å². The average molecular weight is 274 g/mol. The van der Waals surface area contributed by atoms with Crippen LogP contribution in [-0.4, -0.2) is 17.2 Å². The Balaban J connectivity index is 3.08. The van der Waals surface area contributed by atoms with Crippen LogP contribution in [0.15, 0.2) is 0 Å². The van der Waals surface area contributed by atoms with Gasteiger partial charge in [0.15, 0.2) is 0 Å². The van der Waals surface area contributed by atoms with Gasteiger partial charge in [-0.2, -0.15) is 0 Å². The van der Waals surface area contributed by atoms with Crippen LogP contribution in [0.3, 0.4) is 0 Å². The van der Waals surface area contributed by atoms with Crippen LogP contribution in [0.2, 0.25) is 0 Å². The van der Waals surface area contributed by atoms with Gasteiger partial charge in [0.1, 0.15) is 6.17 Å². The zero-order valence-corrected chi connectivity index (χ0v) is 12.5. The topological polar surface area (TPSA) is 37.3 Å². The number of carbonyl (C=O) groups is 1. The fourth-order valence-corrected chi connectivity index (χ4v) is 2.27.